The quantitative estimate of drug-likeness (QED) is 0.587. The SMILES string of the molecule is CCOc1ccccc1NC(=O)c1cncc(Nc2ccc(OC)c(OC)c2)c1. The molecule has 2 aromatic carbocycles. The van der Waals surface area contributed by atoms with Crippen LogP contribution in [0.3, 0.4) is 0 Å². The van der Waals surface area contributed by atoms with Gasteiger partial charge in [0.2, 0.25) is 0 Å². The molecule has 0 aliphatic heterocycles. The minimum atomic E-state index is -0.277. The highest BCUT2D eigenvalue weighted by Gasteiger charge is 2.11. The Balaban J connectivity index is 1.77. The fraction of sp³-hybridized carbons (Fsp3) is 0.182. The summed E-state index contributed by atoms with van der Waals surface area (Å²) in [5.74, 6) is 1.58. The molecular weight excluding hydrogens is 370 g/mol. The zero-order chi connectivity index (χ0) is 20.6. The van der Waals surface area contributed by atoms with Gasteiger partial charge in [0.05, 0.1) is 44.0 Å². The molecule has 0 saturated carbocycles. The van der Waals surface area contributed by atoms with Crippen LogP contribution in [0.15, 0.2) is 60.9 Å². The second-order valence-electron chi connectivity index (χ2n) is 6.04. The number of nitrogens with one attached hydrogen (secondary N) is 2. The fourth-order valence-corrected chi connectivity index (χ4v) is 2.76. The molecule has 0 aliphatic rings. The number of anilines is 3. The number of carbonyl (C=O) groups excluding carboxylic acids is 1. The van der Waals surface area contributed by atoms with E-state index in [1.54, 1.807) is 38.6 Å². The second kappa shape index (κ2) is 9.45. The van der Waals surface area contributed by atoms with Gasteiger partial charge in [-0.3, -0.25) is 9.78 Å². The van der Waals surface area contributed by atoms with Crippen LogP contribution in [0.4, 0.5) is 17.1 Å². The Labute approximate surface area is 169 Å². The molecule has 0 bridgehead atoms. The van der Waals surface area contributed by atoms with E-state index in [9.17, 15) is 4.79 Å². The molecule has 0 spiro atoms. The Kier molecular flexibility index (Phi) is 6.52. The molecule has 0 aliphatic carbocycles. The third kappa shape index (κ3) is 4.95. The predicted octanol–water partition coefficient (Wildman–Crippen LogP) is 4.49. The zero-order valence-corrected chi connectivity index (χ0v) is 16.6. The highest BCUT2D eigenvalue weighted by atomic mass is 16.5. The smallest absolute Gasteiger partial charge is 0.257 e. The summed E-state index contributed by atoms with van der Waals surface area (Å²) in [6.07, 6.45) is 3.15. The molecule has 29 heavy (non-hydrogen) atoms. The molecule has 0 atom stereocenters. The minimum absolute atomic E-state index is 0.277. The van der Waals surface area contributed by atoms with Crippen LogP contribution in [-0.4, -0.2) is 31.7 Å². The molecule has 7 heteroatoms. The number of methoxy groups -OCH3 is 2. The highest BCUT2D eigenvalue weighted by molar-refractivity contribution is 6.05. The average Bonchev–Trinajstić information content (AvgIpc) is 2.75. The van der Waals surface area contributed by atoms with Crippen LogP contribution in [0.5, 0.6) is 17.2 Å². The lowest BCUT2D eigenvalue weighted by Crippen LogP contribution is -2.13. The molecule has 1 amide bonds. The first-order chi connectivity index (χ1) is 14.1. The molecular formula is C22H23N3O4. The fourth-order valence-electron chi connectivity index (χ4n) is 2.76. The number of ether oxygens (including phenoxy) is 3. The number of aromatic nitrogens is 1. The number of hydrogen-bond acceptors (Lipinski definition) is 6. The lowest BCUT2D eigenvalue weighted by Gasteiger charge is -2.13. The maximum Gasteiger partial charge on any atom is 0.257 e. The van der Waals surface area contributed by atoms with Crippen molar-refractivity contribution in [3.8, 4) is 17.2 Å². The van der Waals surface area contributed by atoms with E-state index in [2.05, 4.69) is 15.6 Å². The van der Waals surface area contributed by atoms with Crippen molar-refractivity contribution in [3.05, 3.63) is 66.5 Å². The van der Waals surface area contributed by atoms with Crippen molar-refractivity contribution < 1.29 is 19.0 Å². The summed E-state index contributed by atoms with van der Waals surface area (Å²) in [7, 11) is 3.16. The predicted molar refractivity (Wildman–Crippen MR) is 113 cm³/mol. The third-order valence-electron chi connectivity index (χ3n) is 4.11. The lowest BCUT2D eigenvalue weighted by molar-refractivity contribution is 0.102. The van der Waals surface area contributed by atoms with Crippen LogP contribution < -0.4 is 24.8 Å². The normalized spacial score (nSPS) is 10.2. The molecule has 0 saturated heterocycles. The van der Waals surface area contributed by atoms with E-state index in [-0.39, 0.29) is 5.91 Å². The van der Waals surface area contributed by atoms with E-state index in [1.807, 2.05) is 37.3 Å². The number of benzene rings is 2. The molecule has 3 aromatic rings. The van der Waals surface area contributed by atoms with Crippen LogP contribution in [0.1, 0.15) is 17.3 Å². The van der Waals surface area contributed by atoms with E-state index >= 15 is 0 Å². The monoisotopic (exact) mass is 393 g/mol. The van der Waals surface area contributed by atoms with Crippen molar-refractivity contribution in [3.63, 3.8) is 0 Å². The molecule has 0 unspecified atom stereocenters. The van der Waals surface area contributed by atoms with E-state index in [1.165, 1.54) is 6.20 Å². The molecule has 0 fully saturated rings. The maximum absolute atomic E-state index is 12.7. The van der Waals surface area contributed by atoms with E-state index < -0.39 is 0 Å². The Bertz CT molecular complexity index is 991. The van der Waals surface area contributed by atoms with Gasteiger partial charge in [-0.2, -0.15) is 0 Å². The van der Waals surface area contributed by atoms with Crippen molar-refractivity contribution in [1.82, 2.24) is 4.98 Å². The van der Waals surface area contributed by atoms with Crippen LogP contribution in [0, 0.1) is 0 Å². The summed E-state index contributed by atoms with van der Waals surface area (Å²) in [4.78, 5) is 16.9. The molecule has 7 nitrogen and oxygen atoms in total. The molecule has 2 N–H and O–H groups in total. The number of hydrogen-bond donors (Lipinski definition) is 2. The van der Waals surface area contributed by atoms with Crippen LogP contribution >= 0.6 is 0 Å². The largest absolute Gasteiger partial charge is 0.493 e. The average molecular weight is 393 g/mol. The van der Waals surface area contributed by atoms with Gasteiger partial charge in [-0.1, -0.05) is 12.1 Å². The Morgan fingerprint density at radius 1 is 0.931 bits per heavy atom. The van der Waals surface area contributed by atoms with Gasteiger partial charge in [-0.15, -0.1) is 0 Å². The summed E-state index contributed by atoms with van der Waals surface area (Å²) in [6.45, 7) is 2.41. The summed E-state index contributed by atoms with van der Waals surface area (Å²) in [6, 6.07) is 14.5. The summed E-state index contributed by atoms with van der Waals surface area (Å²) in [5, 5.41) is 6.09. The van der Waals surface area contributed by atoms with Gasteiger partial charge in [0, 0.05) is 18.0 Å². The van der Waals surface area contributed by atoms with E-state index in [0.29, 0.717) is 40.8 Å². The van der Waals surface area contributed by atoms with Crippen molar-refractivity contribution in [2.45, 2.75) is 6.92 Å². The maximum atomic E-state index is 12.7. The van der Waals surface area contributed by atoms with Crippen molar-refractivity contribution in [2.24, 2.45) is 0 Å². The van der Waals surface area contributed by atoms with Crippen LogP contribution in [0.25, 0.3) is 0 Å². The van der Waals surface area contributed by atoms with Crippen molar-refractivity contribution in [2.75, 3.05) is 31.5 Å². The van der Waals surface area contributed by atoms with Gasteiger partial charge in [-0.25, -0.2) is 0 Å². The topological polar surface area (TPSA) is 81.7 Å². The molecule has 150 valence electrons. The van der Waals surface area contributed by atoms with Gasteiger partial charge in [-0.05, 0) is 37.3 Å². The molecule has 1 aromatic heterocycles. The Morgan fingerprint density at radius 3 is 2.48 bits per heavy atom. The number of rotatable bonds is 8. The van der Waals surface area contributed by atoms with Crippen molar-refractivity contribution >= 4 is 23.0 Å². The Hall–Kier alpha value is -3.74. The number of amides is 1. The molecule has 3 rings (SSSR count). The number of para-hydroxylation sites is 2. The summed E-state index contributed by atoms with van der Waals surface area (Å²) in [5.41, 5.74) is 2.48. The van der Waals surface area contributed by atoms with Crippen LogP contribution in [-0.2, 0) is 0 Å². The lowest BCUT2D eigenvalue weighted by atomic mass is 10.2. The second-order valence-corrected chi connectivity index (χ2v) is 6.04. The van der Waals surface area contributed by atoms with Crippen molar-refractivity contribution in [1.29, 1.82) is 0 Å². The van der Waals surface area contributed by atoms with E-state index in [4.69, 9.17) is 14.2 Å². The number of pyridine rings is 1. The Morgan fingerprint density at radius 2 is 1.72 bits per heavy atom. The molecule has 0 radical (unpaired) electrons. The first kappa shape index (κ1) is 20.0. The first-order valence-electron chi connectivity index (χ1n) is 9.12. The standard InChI is InChI=1S/C22H23N3O4/c1-4-29-19-8-6-5-7-18(19)25-22(26)15-11-17(14-23-13-15)24-16-9-10-20(27-2)21(12-16)28-3/h5-14,24H,4H2,1-3H3,(H,25,26). The third-order valence-corrected chi connectivity index (χ3v) is 4.11. The van der Waals surface area contributed by atoms with Gasteiger partial charge in [0.25, 0.3) is 5.91 Å². The van der Waals surface area contributed by atoms with Gasteiger partial charge >= 0.3 is 0 Å². The van der Waals surface area contributed by atoms with Gasteiger partial charge < -0.3 is 24.8 Å². The minimum Gasteiger partial charge on any atom is -0.493 e. The summed E-state index contributed by atoms with van der Waals surface area (Å²) >= 11 is 0. The van der Waals surface area contributed by atoms with E-state index in [0.717, 1.165) is 5.69 Å². The van der Waals surface area contributed by atoms with Crippen LogP contribution in [0.2, 0.25) is 0 Å². The zero-order valence-electron chi connectivity index (χ0n) is 16.6. The van der Waals surface area contributed by atoms with Gasteiger partial charge in [0.1, 0.15) is 5.75 Å². The summed E-state index contributed by atoms with van der Waals surface area (Å²) < 4.78 is 16.1. The van der Waals surface area contributed by atoms with Gasteiger partial charge in [0.15, 0.2) is 11.5 Å². The number of nitrogens with zero attached hydrogens (tertiary/aromatic N) is 1. The first-order valence-corrected chi connectivity index (χ1v) is 9.12. The number of carbonyl (C=O) groups is 1. The highest BCUT2D eigenvalue weighted by Crippen LogP contribution is 2.31. The molecule has 1 heterocycles.